The van der Waals surface area contributed by atoms with Crippen molar-refractivity contribution in [3.63, 3.8) is 0 Å². The third kappa shape index (κ3) is 6.35. The largest absolute Gasteiger partial charge is 0.357 e. The number of rotatable bonds is 8. The lowest BCUT2D eigenvalue weighted by Gasteiger charge is -2.29. The molecule has 7 nitrogen and oxygen atoms in total. The van der Waals surface area contributed by atoms with E-state index in [1.165, 1.54) is 0 Å². The Morgan fingerprint density at radius 2 is 1.76 bits per heavy atom. The third-order valence-corrected chi connectivity index (χ3v) is 5.46. The summed E-state index contributed by atoms with van der Waals surface area (Å²) in [6.07, 6.45) is 3.88. The highest BCUT2D eigenvalue weighted by Crippen LogP contribution is 2.39. The van der Waals surface area contributed by atoms with E-state index in [0.717, 1.165) is 25.7 Å². The van der Waals surface area contributed by atoms with E-state index in [4.69, 9.17) is 11.6 Å². The van der Waals surface area contributed by atoms with Gasteiger partial charge in [-0.1, -0.05) is 36.6 Å². The summed E-state index contributed by atoms with van der Waals surface area (Å²) in [7, 11) is 3.61. The smallest absolute Gasteiger partial charge is 0.252 e. The average molecular weight is 422 g/mol. The number of guanidine groups is 1. The number of hydrogen-bond donors (Lipinski definition) is 3. The van der Waals surface area contributed by atoms with Crippen LogP contribution < -0.4 is 16.0 Å². The number of amides is 2. The fraction of sp³-hybridized carbons (Fsp3) is 0.571. The number of benzene rings is 1. The van der Waals surface area contributed by atoms with E-state index in [1.54, 1.807) is 43.3 Å². The van der Waals surface area contributed by atoms with Crippen LogP contribution in [0.2, 0.25) is 5.02 Å². The molecule has 0 atom stereocenters. The van der Waals surface area contributed by atoms with E-state index in [-0.39, 0.29) is 11.8 Å². The second-order valence-electron chi connectivity index (χ2n) is 7.54. The molecule has 1 fully saturated rings. The molecule has 2 amide bonds. The molecule has 0 radical (unpaired) electrons. The second kappa shape index (κ2) is 11.0. The van der Waals surface area contributed by atoms with Crippen LogP contribution >= 0.6 is 11.6 Å². The van der Waals surface area contributed by atoms with Crippen molar-refractivity contribution in [2.24, 2.45) is 10.4 Å². The Morgan fingerprint density at radius 3 is 2.38 bits per heavy atom. The molecular formula is C21H32ClN5O2. The van der Waals surface area contributed by atoms with Gasteiger partial charge >= 0.3 is 0 Å². The number of nitrogens with one attached hydrogen (secondary N) is 3. The zero-order valence-electron chi connectivity index (χ0n) is 17.6. The van der Waals surface area contributed by atoms with Crippen LogP contribution in [0.1, 0.15) is 43.0 Å². The van der Waals surface area contributed by atoms with Gasteiger partial charge in [-0.05, 0) is 31.9 Å². The molecule has 3 N–H and O–H groups in total. The molecule has 1 aliphatic rings. The highest BCUT2D eigenvalue weighted by molar-refractivity contribution is 6.33. The van der Waals surface area contributed by atoms with Crippen molar-refractivity contribution in [1.82, 2.24) is 20.9 Å². The Balaban J connectivity index is 1.89. The molecule has 1 aliphatic carbocycles. The molecular weight excluding hydrogens is 390 g/mol. The number of carbonyl (C=O) groups excluding carboxylic acids is 2. The predicted molar refractivity (Wildman–Crippen MR) is 117 cm³/mol. The molecule has 1 aromatic carbocycles. The lowest BCUT2D eigenvalue weighted by Crippen LogP contribution is -2.44. The second-order valence-corrected chi connectivity index (χ2v) is 7.95. The summed E-state index contributed by atoms with van der Waals surface area (Å²) >= 11 is 6.05. The van der Waals surface area contributed by atoms with E-state index in [9.17, 15) is 9.59 Å². The van der Waals surface area contributed by atoms with Gasteiger partial charge in [0.25, 0.3) is 5.91 Å². The van der Waals surface area contributed by atoms with E-state index in [0.29, 0.717) is 42.7 Å². The molecule has 0 aromatic heterocycles. The summed E-state index contributed by atoms with van der Waals surface area (Å²) in [5, 5.41) is 9.70. The maximum absolute atomic E-state index is 12.7. The first-order valence-electron chi connectivity index (χ1n) is 10.2. The lowest BCUT2D eigenvalue weighted by molar-refractivity contribution is -0.138. The van der Waals surface area contributed by atoms with Gasteiger partial charge in [0, 0.05) is 33.7 Å². The van der Waals surface area contributed by atoms with Crippen LogP contribution in [0.25, 0.3) is 0 Å². The van der Waals surface area contributed by atoms with Gasteiger partial charge in [-0.25, -0.2) is 0 Å². The number of hydrogen-bond acceptors (Lipinski definition) is 3. The number of carbonyl (C=O) groups is 2. The van der Waals surface area contributed by atoms with Gasteiger partial charge in [-0.2, -0.15) is 0 Å². The molecule has 0 saturated heterocycles. The van der Waals surface area contributed by atoms with Crippen LogP contribution in [-0.2, 0) is 4.79 Å². The van der Waals surface area contributed by atoms with Crippen molar-refractivity contribution in [3.05, 3.63) is 34.9 Å². The van der Waals surface area contributed by atoms with Crippen LogP contribution in [0.3, 0.4) is 0 Å². The van der Waals surface area contributed by atoms with Gasteiger partial charge in [0.1, 0.15) is 0 Å². The first kappa shape index (κ1) is 23.0. The number of aliphatic imine (C=N–C) groups is 1. The van der Waals surface area contributed by atoms with Gasteiger partial charge in [0.2, 0.25) is 5.91 Å². The van der Waals surface area contributed by atoms with Crippen molar-refractivity contribution < 1.29 is 9.59 Å². The molecule has 0 spiro atoms. The molecule has 1 saturated carbocycles. The predicted octanol–water partition coefficient (Wildman–Crippen LogP) is 2.27. The maximum atomic E-state index is 12.7. The molecule has 1 aromatic rings. The Labute approximate surface area is 178 Å². The summed E-state index contributed by atoms with van der Waals surface area (Å²) < 4.78 is 0. The maximum Gasteiger partial charge on any atom is 0.252 e. The fourth-order valence-corrected chi connectivity index (χ4v) is 3.86. The quantitative estimate of drug-likeness (QED) is 0.341. The minimum Gasteiger partial charge on any atom is -0.357 e. The Morgan fingerprint density at radius 1 is 1.10 bits per heavy atom. The number of halogens is 1. The minimum atomic E-state index is -0.399. The summed E-state index contributed by atoms with van der Waals surface area (Å²) in [5.41, 5.74) is 0.0598. The molecule has 0 unspecified atom stereocenters. The van der Waals surface area contributed by atoms with Crippen molar-refractivity contribution >= 4 is 29.4 Å². The van der Waals surface area contributed by atoms with Crippen molar-refractivity contribution in [2.75, 3.05) is 40.3 Å². The van der Waals surface area contributed by atoms with Crippen molar-refractivity contribution in [1.29, 1.82) is 0 Å². The van der Waals surface area contributed by atoms with E-state index < -0.39 is 5.41 Å². The van der Waals surface area contributed by atoms with Crippen LogP contribution in [0.5, 0.6) is 0 Å². The summed E-state index contributed by atoms with van der Waals surface area (Å²) in [4.78, 5) is 31.2. The van der Waals surface area contributed by atoms with Gasteiger partial charge < -0.3 is 20.9 Å². The van der Waals surface area contributed by atoms with Crippen LogP contribution in [0.15, 0.2) is 29.3 Å². The van der Waals surface area contributed by atoms with Crippen molar-refractivity contribution in [3.8, 4) is 0 Å². The molecule has 0 bridgehead atoms. The van der Waals surface area contributed by atoms with Crippen LogP contribution in [0, 0.1) is 5.41 Å². The van der Waals surface area contributed by atoms with Crippen molar-refractivity contribution in [2.45, 2.75) is 32.6 Å². The van der Waals surface area contributed by atoms with Crippen LogP contribution in [-0.4, -0.2) is 62.9 Å². The zero-order chi connectivity index (χ0) is 21.3. The molecule has 2 rings (SSSR count). The Kier molecular flexibility index (Phi) is 8.76. The molecule has 29 heavy (non-hydrogen) atoms. The highest BCUT2D eigenvalue weighted by Gasteiger charge is 2.42. The van der Waals surface area contributed by atoms with Gasteiger partial charge in [0.05, 0.1) is 22.5 Å². The monoisotopic (exact) mass is 421 g/mol. The Bertz CT molecular complexity index is 730. The first-order chi connectivity index (χ1) is 13.9. The summed E-state index contributed by atoms with van der Waals surface area (Å²) in [6.45, 7) is 4.11. The average Bonchev–Trinajstić information content (AvgIpc) is 3.18. The van der Waals surface area contributed by atoms with Gasteiger partial charge in [-0.3, -0.25) is 14.6 Å². The molecule has 0 aliphatic heterocycles. The van der Waals surface area contributed by atoms with E-state index in [2.05, 4.69) is 20.9 Å². The summed E-state index contributed by atoms with van der Waals surface area (Å²) in [6, 6.07) is 6.96. The molecule has 8 heteroatoms. The fourth-order valence-electron chi connectivity index (χ4n) is 3.64. The molecule has 0 heterocycles. The van der Waals surface area contributed by atoms with Crippen LogP contribution in [0.4, 0.5) is 0 Å². The lowest BCUT2D eigenvalue weighted by atomic mass is 9.85. The van der Waals surface area contributed by atoms with E-state index >= 15 is 0 Å². The highest BCUT2D eigenvalue weighted by atomic mass is 35.5. The standard InChI is InChI=1S/C21H32ClN5O2/c1-4-23-20(26-15-21(11-7-8-12-21)19(29)27(2)3)25-14-13-24-18(28)16-9-5-6-10-17(16)22/h5-6,9-10H,4,7-8,11-15H2,1-3H3,(H,24,28)(H2,23,25,26). The van der Waals surface area contributed by atoms with E-state index in [1.807, 2.05) is 6.92 Å². The minimum absolute atomic E-state index is 0.154. The summed E-state index contributed by atoms with van der Waals surface area (Å²) in [5.74, 6) is 0.597. The van der Waals surface area contributed by atoms with Gasteiger partial charge in [-0.15, -0.1) is 0 Å². The van der Waals surface area contributed by atoms with Gasteiger partial charge in [0.15, 0.2) is 5.96 Å². The topological polar surface area (TPSA) is 85.8 Å². The number of nitrogens with zero attached hydrogens (tertiary/aromatic N) is 2. The zero-order valence-corrected chi connectivity index (χ0v) is 18.3. The SMILES string of the molecule is CCNC(=NCC1(C(=O)N(C)C)CCCC1)NCCNC(=O)c1ccccc1Cl. The third-order valence-electron chi connectivity index (χ3n) is 5.13. The normalized spacial score (nSPS) is 15.7. The molecule has 160 valence electrons. The Hall–Kier alpha value is -2.28. The first-order valence-corrected chi connectivity index (χ1v) is 10.5.